The second-order valence-electron chi connectivity index (χ2n) is 7.98. The Balaban J connectivity index is 1.45. The molecule has 2 aromatic carbocycles. The lowest BCUT2D eigenvalue weighted by molar-refractivity contribution is -0.385. The number of imidazole rings is 1. The Bertz CT molecular complexity index is 1230. The highest BCUT2D eigenvalue weighted by Gasteiger charge is 2.23. The third-order valence-electron chi connectivity index (χ3n) is 5.84. The van der Waals surface area contributed by atoms with Crippen molar-refractivity contribution in [2.24, 2.45) is 7.05 Å². The number of anilines is 1. The number of carbonyl (C=O) groups is 2. The van der Waals surface area contributed by atoms with E-state index in [-0.39, 0.29) is 17.3 Å². The van der Waals surface area contributed by atoms with Crippen LogP contribution in [0.5, 0.6) is 0 Å². The maximum absolute atomic E-state index is 12.6. The van der Waals surface area contributed by atoms with Crippen LogP contribution in [0.2, 0.25) is 0 Å². The summed E-state index contributed by atoms with van der Waals surface area (Å²) in [4.78, 5) is 43.9. The fraction of sp³-hybridized carbons (Fsp3) is 0.348. The summed E-state index contributed by atoms with van der Waals surface area (Å²) in [6.07, 6.45) is -0.278. The highest BCUT2D eigenvalue weighted by Crippen LogP contribution is 2.23. The zero-order valence-electron chi connectivity index (χ0n) is 19.1. The Labute approximate surface area is 196 Å². The molecule has 1 aliphatic heterocycles. The van der Waals surface area contributed by atoms with E-state index in [0.717, 1.165) is 24.4 Å². The molecule has 11 heteroatoms. The molecule has 3 aromatic rings. The largest absolute Gasteiger partial charge is 0.450 e. The molecule has 1 saturated heterocycles. The van der Waals surface area contributed by atoms with Crippen LogP contribution in [-0.4, -0.2) is 69.1 Å². The van der Waals surface area contributed by atoms with Crippen LogP contribution in [0.4, 0.5) is 16.2 Å². The fourth-order valence-electron chi connectivity index (χ4n) is 4.00. The van der Waals surface area contributed by atoms with Crippen LogP contribution >= 0.6 is 0 Å². The van der Waals surface area contributed by atoms with Crippen LogP contribution in [0.1, 0.15) is 23.1 Å². The van der Waals surface area contributed by atoms with Crippen molar-refractivity contribution in [3.8, 4) is 0 Å². The third kappa shape index (κ3) is 4.84. The van der Waals surface area contributed by atoms with Crippen molar-refractivity contribution in [2.45, 2.75) is 13.5 Å². The molecule has 2 heterocycles. The van der Waals surface area contributed by atoms with Crippen molar-refractivity contribution in [3.63, 3.8) is 0 Å². The van der Waals surface area contributed by atoms with Gasteiger partial charge in [-0.2, -0.15) is 0 Å². The molecule has 1 aliphatic rings. The molecule has 1 N–H and O–H groups in total. The first-order valence-electron chi connectivity index (χ1n) is 11.0. The number of rotatable bonds is 6. The van der Waals surface area contributed by atoms with E-state index in [0.29, 0.717) is 37.4 Å². The average molecular weight is 466 g/mol. The van der Waals surface area contributed by atoms with Gasteiger partial charge in [0.1, 0.15) is 11.4 Å². The first-order chi connectivity index (χ1) is 16.4. The van der Waals surface area contributed by atoms with E-state index in [1.807, 2.05) is 17.7 Å². The smallest absolute Gasteiger partial charge is 0.409 e. The van der Waals surface area contributed by atoms with Crippen molar-refractivity contribution in [3.05, 3.63) is 64.0 Å². The van der Waals surface area contributed by atoms with E-state index in [2.05, 4.69) is 10.2 Å². The van der Waals surface area contributed by atoms with Gasteiger partial charge in [0.15, 0.2) is 0 Å². The lowest BCUT2D eigenvalue weighted by atomic mass is 10.1. The number of nitrogens with one attached hydrogen (secondary N) is 1. The Morgan fingerprint density at radius 3 is 2.59 bits per heavy atom. The second kappa shape index (κ2) is 9.87. The summed E-state index contributed by atoms with van der Waals surface area (Å²) in [5, 5.41) is 14.0. The minimum absolute atomic E-state index is 0.00346. The molecule has 0 bridgehead atoms. The zero-order chi connectivity index (χ0) is 24.2. The number of carbonyl (C=O) groups excluding carboxylic acids is 2. The number of benzene rings is 2. The van der Waals surface area contributed by atoms with Gasteiger partial charge in [-0.1, -0.05) is 12.1 Å². The number of aryl methyl sites for hydroxylation is 1. The molecule has 1 aromatic heterocycles. The Kier molecular flexibility index (Phi) is 6.73. The van der Waals surface area contributed by atoms with Gasteiger partial charge in [-0.15, -0.1) is 0 Å². The molecule has 0 aliphatic carbocycles. The van der Waals surface area contributed by atoms with Crippen LogP contribution in [0.15, 0.2) is 42.5 Å². The van der Waals surface area contributed by atoms with E-state index < -0.39 is 10.8 Å². The molecule has 0 atom stereocenters. The molecule has 4 rings (SSSR count). The van der Waals surface area contributed by atoms with E-state index in [4.69, 9.17) is 9.72 Å². The Hall–Kier alpha value is -3.99. The van der Waals surface area contributed by atoms with E-state index in [1.54, 1.807) is 30.0 Å². The molecule has 178 valence electrons. The molecular formula is C23H26N6O5. The minimum atomic E-state index is -0.574. The summed E-state index contributed by atoms with van der Waals surface area (Å²) < 4.78 is 7.07. The average Bonchev–Trinajstić information content (AvgIpc) is 3.14. The summed E-state index contributed by atoms with van der Waals surface area (Å²) >= 11 is 0. The molecule has 1 fully saturated rings. The monoisotopic (exact) mass is 466 g/mol. The van der Waals surface area contributed by atoms with Gasteiger partial charge in [0, 0.05) is 45.0 Å². The highest BCUT2D eigenvalue weighted by atomic mass is 16.6. The number of nitro benzene ring substituents is 1. The fourth-order valence-corrected chi connectivity index (χ4v) is 4.00. The van der Waals surface area contributed by atoms with Gasteiger partial charge in [-0.3, -0.25) is 19.8 Å². The molecular weight excluding hydrogens is 440 g/mol. The van der Waals surface area contributed by atoms with Crippen LogP contribution in [0, 0.1) is 10.1 Å². The molecule has 0 saturated carbocycles. The number of fused-ring (bicyclic) bond motifs is 1. The third-order valence-corrected chi connectivity index (χ3v) is 5.84. The number of nitro groups is 1. The van der Waals surface area contributed by atoms with Crippen LogP contribution in [0.25, 0.3) is 11.0 Å². The van der Waals surface area contributed by atoms with Gasteiger partial charge >= 0.3 is 6.09 Å². The van der Waals surface area contributed by atoms with E-state index in [1.165, 1.54) is 18.2 Å². The van der Waals surface area contributed by atoms with Crippen molar-refractivity contribution in [1.29, 1.82) is 0 Å². The van der Waals surface area contributed by atoms with Crippen molar-refractivity contribution in [2.75, 3.05) is 38.1 Å². The van der Waals surface area contributed by atoms with E-state index in [9.17, 15) is 19.7 Å². The standard InChI is InChI=1S/C23H26N6O5/c1-3-34-23(31)28-12-10-27(11-13-28)15-21-25-18-14-16(8-9-20(18)26(21)2)24-22(30)17-6-4-5-7-19(17)29(32)33/h4-9,14H,3,10-13,15H2,1-2H3,(H,24,30). The van der Waals surface area contributed by atoms with E-state index >= 15 is 0 Å². The Morgan fingerprint density at radius 2 is 1.88 bits per heavy atom. The molecule has 0 radical (unpaired) electrons. The topological polar surface area (TPSA) is 123 Å². The number of piperazine rings is 1. The van der Waals surface area contributed by atoms with Crippen LogP contribution < -0.4 is 5.32 Å². The number of aromatic nitrogens is 2. The second-order valence-corrected chi connectivity index (χ2v) is 7.98. The summed E-state index contributed by atoms with van der Waals surface area (Å²) in [5.41, 5.74) is 1.87. The number of hydrogen-bond acceptors (Lipinski definition) is 7. The highest BCUT2D eigenvalue weighted by molar-refractivity contribution is 6.07. The van der Waals surface area contributed by atoms with Gasteiger partial charge in [0.2, 0.25) is 0 Å². The minimum Gasteiger partial charge on any atom is -0.450 e. The lowest BCUT2D eigenvalue weighted by Gasteiger charge is -2.33. The van der Waals surface area contributed by atoms with Gasteiger partial charge in [-0.25, -0.2) is 9.78 Å². The SMILES string of the molecule is CCOC(=O)N1CCN(Cc2nc3cc(NC(=O)c4ccccc4[N+](=O)[O-])ccc3n2C)CC1. The number of hydrogen-bond donors (Lipinski definition) is 1. The van der Waals surface area contributed by atoms with Gasteiger partial charge in [-0.05, 0) is 31.2 Å². The van der Waals surface area contributed by atoms with Crippen molar-refractivity contribution in [1.82, 2.24) is 19.4 Å². The van der Waals surface area contributed by atoms with Crippen LogP contribution in [-0.2, 0) is 18.3 Å². The Morgan fingerprint density at radius 1 is 1.15 bits per heavy atom. The number of ether oxygens (including phenoxy) is 1. The molecule has 2 amide bonds. The normalized spacial score (nSPS) is 14.2. The number of amides is 2. The summed E-state index contributed by atoms with van der Waals surface area (Å²) in [5.74, 6) is 0.309. The van der Waals surface area contributed by atoms with Crippen LogP contribution in [0.3, 0.4) is 0 Å². The number of para-hydroxylation sites is 1. The molecule has 11 nitrogen and oxygen atoms in total. The maximum Gasteiger partial charge on any atom is 0.409 e. The zero-order valence-corrected chi connectivity index (χ0v) is 19.1. The lowest BCUT2D eigenvalue weighted by Crippen LogP contribution is -2.48. The van der Waals surface area contributed by atoms with Gasteiger partial charge in [0.25, 0.3) is 11.6 Å². The van der Waals surface area contributed by atoms with Crippen molar-refractivity contribution >= 4 is 34.4 Å². The molecule has 34 heavy (non-hydrogen) atoms. The quantitative estimate of drug-likeness (QED) is 0.438. The van der Waals surface area contributed by atoms with Gasteiger partial charge < -0.3 is 19.5 Å². The first kappa shape index (κ1) is 23.2. The predicted octanol–water partition coefficient (Wildman–Crippen LogP) is 3.01. The first-order valence-corrected chi connectivity index (χ1v) is 11.0. The molecule has 0 unspecified atom stereocenters. The summed E-state index contributed by atoms with van der Waals surface area (Å²) in [6, 6.07) is 11.2. The number of nitrogens with zero attached hydrogens (tertiary/aromatic N) is 5. The summed E-state index contributed by atoms with van der Waals surface area (Å²) in [6.45, 7) is 5.43. The van der Waals surface area contributed by atoms with Gasteiger partial charge in [0.05, 0.1) is 29.1 Å². The maximum atomic E-state index is 12.6. The van der Waals surface area contributed by atoms with Crippen molar-refractivity contribution < 1.29 is 19.2 Å². The predicted molar refractivity (Wildman–Crippen MR) is 126 cm³/mol. The summed E-state index contributed by atoms with van der Waals surface area (Å²) in [7, 11) is 1.94. The molecule has 0 spiro atoms.